The van der Waals surface area contributed by atoms with E-state index in [1.807, 2.05) is 6.07 Å². The molecule has 138 valence electrons. The van der Waals surface area contributed by atoms with Gasteiger partial charge in [-0.2, -0.15) is 0 Å². The maximum atomic E-state index is 12.6. The van der Waals surface area contributed by atoms with Crippen LogP contribution in [-0.4, -0.2) is 30.3 Å². The van der Waals surface area contributed by atoms with Gasteiger partial charge in [-0.25, -0.2) is 0 Å². The van der Waals surface area contributed by atoms with Gasteiger partial charge in [0.1, 0.15) is 5.58 Å². The summed E-state index contributed by atoms with van der Waals surface area (Å²) in [4.78, 5) is 26.7. The molecule has 1 aliphatic rings. The number of likely N-dealkylation sites (tertiary alicyclic amines) is 1. The van der Waals surface area contributed by atoms with Crippen LogP contribution in [0.15, 0.2) is 70.1 Å². The van der Waals surface area contributed by atoms with E-state index in [0.717, 1.165) is 26.1 Å². The smallest absolute Gasteiger partial charge is 0.192 e. The highest BCUT2D eigenvalue weighted by atomic mass is 16.3. The Morgan fingerprint density at radius 3 is 2.81 bits per heavy atom. The summed E-state index contributed by atoms with van der Waals surface area (Å²) in [7, 11) is 0. The van der Waals surface area contributed by atoms with Gasteiger partial charge in [0.15, 0.2) is 11.2 Å². The van der Waals surface area contributed by atoms with Crippen LogP contribution in [0.2, 0.25) is 0 Å². The minimum absolute atomic E-state index is 0.0863. The molecule has 3 aromatic rings. The molecule has 0 amide bonds. The molecule has 0 bridgehead atoms. The molecule has 4 heteroatoms. The Morgan fingerprint density at radius 2 is 1.96 bits per heavy atom. The van der Waals surface area contributed by atoms with Crippen molar-refractivity contribution in [3.05, 3.63) is 82.2 Å². The van der Waals surface area contributed by atoms with E-state index in [9.17, 15) is 9.59 Å². The Hall–Kier alpha value is -2.72. The SMILES string of the molecule is O=C(CCN1CCC(Cc2ccccc2)C1)c1ccc2c(=O)ccoc2c1. The first kappa shape index (κ1) is 17.7. The van der Waals surface area contributed by atoms with Crippen molar-refractivity contribution < 1.29 is 9.21 Å². The van der Waals surface area contributed by atoms with Crippen molar-refractivity contribution in [2.75, 3.05) is 19.6 Å². The van der Waals surface area contributed by atoms with Gasteiger partial charge >= 0.3 is 0 Å². The fourth-order valence-corrected chi connectivity index (χ4v) is 3.89. The van der Waals surface area contributed by atoms with Crippen LogP contribution in [-0.2, 0) is 6.42 Å². The van der Waals surface area contributed by atoms with E-state index in [0.29, 0.717) is 28.9 Å². The zero-order chi connectivity index (χ0) is 18.6. The number of rotatable bonds is 6. The maximum absolute atomic E-state index is 12.6. The molecule has 4 rings (SSSR count). The van der Waals surface area contributed by atoms with Gasteiger partial charge in [0, 0.05) is 31.1 Å². The van der Waals surface area contributed by atoms with E-state index in [-0.39, 0.29) is 11.2 Å². The summed E-state index contributed by atoms with van der Waals surface area (Å²) in [6, 6.07) is 17.1. The molecule has 0 saturated carbocycles. The van der Waals surface area contributed by atoms with Gasteiger partial charge in [-0.1, -0.05) is 36.4 Å². The van der Waals surface area contributed by atoms with Crippen molar-refractivity contribution in [3.8, 4) is 0 Å². The van der Waals surface area contributed by atoms with Crippen LogP contribution in [0.5, 0.6) is 0 Å². The Labute approximate surface area is 158 Å². The monoisotopic (exact) mass is 361 g/mol. The second kappa shape index (κ2) is 7.89. The predicted molar refractivity (Wildman–Crippen MR) is 106 cm³/mol. The van der Waals surface area contributed by atoms with Gasteiger partial charge in [0.2, 0.25) is 0 Å². The van der Waals surface area contributed by atoms with Crippen molar-refractivity contribution in [3.63, 3.8) is 0 Å². The number of benzene rings is 2. The number of ketones is 1. The Balaban J connectivity index is 1.32. The van der Waals surface area contributed by atoms with Crippen molar-refractivity contribution in [1.29, 1.82) is 0 Å². The summed E-state index contributed by atoms with van der Waals surface area (Å²) in [6.07, 6.45) is 4.15. The van der Waals surface area contributed by atoms with Crippen LogP contribution in [0.1, 0.15) is 28.8 Å². The van der Waals surface area contributed by atoms with Crippen LogP contribution >= 0.6 is 0 Å². The summed E-state index contributed by atoms with van der Waals surface area (Å²) in [5.41, 5.74) is 2.38. The average Bonchev–Trinajstić information content (AvgIpc) is 3.14. The third kappa shape index (κ3) is 4.17. The quantitative estimate of drug-likeness (QED) is 0.624. The average molecular weight is 361 g/mol. The minimum Gasteiger partial charge on any atom is -0.464 e. The highest BCUT2D eigenvalue weighted by Gasteiger charge is 2.23. The summed E-state index contributed by atoms with van der Waals surface area (Å²) in [5, 5.41) is 0.511. The van der Waals surface area contributed by atoms with Gasteiger partial charge in [-0.3, -0.25) is 9.59 Å². The van der Waals surface area contributed by atoms with E-state index in [4.69, 9.17) is 4.42 Å². The lowest BCUT2D eigenvalue weighted by Crippen LogP contribution is -2.24. The van der Waals surface area contributed by atoms with E-state index in [1.165, 1.54) is 24.3 Å². The topological polar surface area (TPSA) is 50.5 Å². The Bertz CT molecular complexity index is 993. The van der Waals surface area contributed by atoms with Gasteiger partial charge in [0.05, 0.1) is 11.6 Å². The van der Waals surface area contributed by atoms with Crippen molar-refractivity contribution in [2.24, 2.45) is 5.92 Å². The number of Topliss-reactive ketones (excluding diaryl/α,β-unsaturated/α-hetero) is 1. The first-order valence-electron chi connectivity index (χ1n) is 9.50. The van der Waals surface area contributed by atoms with E-state index >= 15 is 0 Å². The molecule has 0 aliphatic carbocycles. The molecular weight excluding hydrogens is 338 g/mol. The molecule has 1 saturated heterocycles. The van der Waals surface area contributed by atoms with Gasteiger partial charge in [0.25, 0.3) is 0 Å². The molecule has 1 unspecified atom stereocenters. The number of fused-ring (bicyclic) bond motifs is 1. The number of carbonyl (C=O) groups is 1. The second-order valence-electron chi connectivity index (χ2n) is 7.31. The molecule has 0 N–H and O–H groups in total. The molecule has 1 aromatic heterocycles. The van der Waals surface area contributed by atoms with E-state index < -0.39 is 0 Å². The van der Waals surface area contributed by atoms with E-state index in [2.05, 4.69) is 29.2 Å². The Kier molecular flexibility index (Phi) is 5.16. The Morgan fingerprint density at radius 1 is 1.11 bits per heavy atom. The second-order valence-corrected chi connectivity index (χ2v) is 7.31. The minimum atomic E-state index is -0.0863. The summed E-state index contributed by atoms with van der Waals surface area (Å²) >= 11 is 0. The lowest BCUT2D eigenvalue weighted by atomic mass is 9.99. The lowest BCUT2D eigenvalue weighted by Gasteiger charge is -2.15. The molecule has 2 aromatic carbocycles. The third-order valence-electron chi connectivity index (χ3n) is 5.38. The zero-order valence-electron chi connectivity index (χ0n) is 15.3. The summed E-state index contributed by atoms with van der Waals surface area (Å²) in [6.45, 7) is 2.88. The van der Waals surface area contributed by atoms with Crippen LogP contribution < -0.4 is 5.43 Å². The predicted octanol–water partition coefficient (Wildman–Crippen LogP) is 3.93. The number of hydrogen-bond acceptors (Lipinski definition) is 4. The molecule has 4 nitrogen and oxygen atoms in total. The largest absolute Gasteiger partial charge is 0.464 e. The first-order valence-corrected chi connectivity index (χ1v) is 9.50. The van der Waals surface area contributed by atoms with Gasteiger partial charge in [-0.15, -0.1) is 0 Å². The number of nitrogens with zero attached hydrogens (tertiary/aromatic N) is 1. The molecule has 1 fully saturated rings. The molecular formula is C23H23NO3. The molecule has 0 spiro atoms. The fraction of sp³-hybridized carbons (Fsp3) is 0.304. The van der Waals surface area contributed by atoms with Crippen molar-refractivity contribution >= 4 is 16.8 Å². The molecule has 1 aliphatic heterocycles. The third-order valence-corrected chi connectivity index (χ3v) is 5.38. The summed E-state index contributed by atoms with van der Waals surface area (Å²) < 4.78 is 5.37. The molecule has 27 heavy (non-hydrogen) atoms. The van der Waals surface area contributed by atoms with Crippen LogP contribution in [0.3, 0.4) is 0 Å². The normalized spacial score (nSPS) is 17.4. The highest BCUT2D eigenvalue weighted by Crippen LogP contribution is 2.21. The lowest BCUT2D eigenvalue weighted by molar-refractivity contribution is 0.0968. The molecule has 1 atom stereocenters. The van der Waals surface area contributed by atoms with Gasteiger partial charge in [-0.05, 0) is 43.0 Å². The fourth-order valence-electron chi connectivity index (χ4n) is 3.89. The molecule has 2 heterocycles. The molecule has 0 radical (unpaired) electrons. The maximum Gasteiger partial charge on any atom is 0.192 e. The van der Waals surface area contributed by atoms with Crippen molar-refractivity contribution in [1.82, 2.24) is 4.90 Å². The number of carbonyl (C=O) groups excluding carboxylic acids is 1. The van der Waals surface area contributed by atoms with Crippen LogP contribution in [0, 0.1) is 5.92 Å². The standard InChI is InChI=1S/C23H23NO3/c25-21(19-6-7-20-22(26)10-13-27-23(20)15-19)9-12-24-11-8-18(16-24)14-17-4-2-1-3-5-17/h1-7,10,13,15,18H,8-9,11-12,14,16H2. The highest BCUT2D eigenvalue weighted by molar-refractivity contribution is 5.99. The van der Waals surface area contributed by atoms with E-state index in [1.54, 1.807) is 18.2 Å². The number of hydrogen-bond donors (Lipinski definition) is 0. The summed E-state index contributed by atoms with van der Waals surface area (Å²) in [5.74, 6) is 0.757. The van der Waals surface area contributed by atoms with Crippen molar-refractivity contribution in [2.45, 2.75) is 19.3 Å². The first-order chi connectivity index (χ1) is 13.2. The zero-order valence-corrected chi connectivity index (χ0v) is 15.3. The van der Waals surface area contributed by atoms with Gasteiger partial charge < -0.3 is 9.32 Å². The van der Waals surface area contributed by atoms with Crippen LogP contribution in [0.25, 0.3) is 11.0 Å². The van der Waals surface area contributed by atoms with Crippen LogP contribution in [0.4, 0.5) is 0 Å².